The standard InChI is InChI=1S/C20H20ClNO4/c1-12(26-20(25)16-11-14(21)9-10-18(16)23)19(24)22-17-8-4-6-13-5-2-3-7-15(13)17/h2-3,5,7,9-12,17,23H,4,6,8H2,1H3,(H,22,24)/t12-,17-/m0/s1. The summed E-state index contributed by atoms with van der Waals surface area (Å²) in [5.74, 6) is -1.41. The molecule has 2 aromatic carbocycles. The first-order chi connectivity index (χ1) is 12.5. The van der Waals surface area contributed by atoms with E-state index in [-0.39, 0.29) is 23.3 Å². The van der Waals surface area contributed by atoms with Crippen LogP contribution >= 0.6 is 11.6 Å². The number of rotatable bonds is 4. The molecule has 0 spiro atoms. The molecule has 136 valence electrons. The number of hydrogen-bond donors (Lipinski definition) is 2. The van der Waals surface area contributed by atoms with Gasteiger partial charge in [-0.15, -0.1) is 0 Å². The van der Waals surface area contributed by atoms with Gasteiger partial charge in [0.1, 0.15) is 11.3 Å². The van der Waals surface area contributed by atoms with Gasteiger partial charge in [-0.1, -0.05) is 35.9 Å². The van der Waals surface area contributed by atoms with E-state index in [0.29, 0.717) is 5.02 Å². The molecule has 3 rings (SSSR count). The third-order valence-corrected chi connectivity index (χ3v) is 4.75. The monoisotopic (exact) mass is 373 g/mol. The van der Waals surface area contributed by atoms with Crippen LogP contribution < -0.4 is 5.32 Å². The highest BCUT2D eigenvalue weighted by Crippen LogP contribution is 2.29. The van der Waals surface area contributed by atoms with Gasteiger partial charge in [-0.05, 0) is 55.5 Å². The fourth-order valence-corrected chi connectivity index (χ4v) is 3.31. The van der Waals surface area contributed by atoms with Crippen molar-refractivity contribution in [2.24, 2.45) is 0 Å². The molecule has 0 aliphatic heterocycles. The van der Waals surface area contributed by atoms with Crippen molar-refractivity contribution in [2.75, 3.05) is 0 Å². The van der Waals surface area contributed by atoms with Crippen molar-refractivity contribution >= 4 is 23.5 Å². The Morgan fingerprint density at radius 1 is 1.27 bits per heavy atom. The summed E-state index contributed by atoms with van der Waals surface area (Å²) >= 11 is 5.84. The molecule has 0 saturated carbocycles. The molecule has 0 aromatic heterocycles. The van der Waals surface area contributed by atoms with Crippen molar-refractivity contribution in [2.45, 2.75) is 38.3 Å². The SMILES string of the molecule is C[C@H](OC(=O)c1cc(Cl)ccc1O)C(=O)N[C@H]1CCCc2ccccc21. The minimum atomic E-state index is -0.991. The highest BCUT2D eigenvalue weighted by molar-refractivity contribution is 6.31. The Balaban J connectivity index is 1.65. The number of hydrogen-bond acceptors (Lipinski definition) is 4. The van der Waals surface area contributed by atoms with E-state index in [2.05, 4.69) is 11.4 Å². The van der Waals surface area contributed by atoms with Gasteiger partial charge >= 0.3 is 5.97 Å². The zero-order chi connectivity index (χ0) is 18.7. The summed E-state index contributed by atoms with van der Waals surface area (Å²) in [6.07, 6.45) is 1.85. The first-order valence-electron chi connectivity index (χ1n) is 8.53. The maximum absolute atomic E-state index is 12.5. The summed E-state index contributed by atoms with van der Waals surface area (Å²) in [5, 5.41) is 13.0. The minimum absolute atomic E-state index is 0.0693. The maximum Gasteiger partial charge on any atom is 0.342 e. The third-order valence-electron chi connectivity index (χ3n) is 4.52. The second-order valence-corrected chi connectivity index (χ2v) is 6.80. The van der Waals surface area contributed by atoms with Crippen LogP contribution in [0.4, 0.5) is 0 Å². The van der Waals surface area contributed by atoms with E-state index in [1.807, 2.05) is 18.2 Å². The van der Waals surface area contributed by atoms with Gasteiger partial charge in [0, 0.05) is 5.02 Å². The Morgan fingerprint density at radius 3 is 2.85 bits per heavy atom. The topological polar surface area (TPSA) is 75.6 Å². The van der Waals surface area contributed by atoms with Crippen LogP contribution in [0.3, 0.4) is 0 Å². The van der Waals surface area contributed by atoms with Gasteiger partial charge in [0.2, 0.25) is 0 Å². The zero-order valence-corrected chi connectivity index (χ0v) is 15.1. The molecule has 0 bridgehead atoms. The molecule has 2 atom stereocenters. The fraction of sp³-hybridized carbons (Fsp3) is 0.300. The summed E-state index contributed by atoms with van der Waals surface area (Å²) in [6.45, 7) is 1.50. The molecule has 1 aliphatic rings. The lowest BCUT2D eigenvalue weighted by molar-refractivity contribution is -0.130. The van der Waals surface area contributed by atoms with E-state index in [1.165, 1.54) is 30.7 Å². The highest BCUT2D eigenvalue weighted by Gasteiger charge is 2.26. The van der Waals surface area contributed by atoms with Crippen molar-refractivity contribution in [3.8, 4) is 5.75 Å². The molecular weight excluding hydrogens is 354 g/mol. The number of fused-ring (bicyclic) bond motifs is 1. The van der Waals surface area contributed by atoms with Crippen molar-refractivity contribution in [1.29, 1.82) is 0 Å². The van der Waals surface area contributed by atoms with E-state index in [9.17, 15) is 14.7 Å². The van der Waals surface area contributed by atoms with Crippen LogP contribution in [0.5, 0.6) is 5.75 Å². The molecule has 2 N–H and O–H groups in total. The lowest BCUT2D eigenvalue weighted by Crippen LogP contribution is -2.39. The summed E-state index contributed by atoms with van der Waals surface area (Å²) < 4.78 is 5.19. The average Bonchev–Trinajstić information content (AvgIpc) is 2.63. The van der Waals surface area contributed by atoms with E-state index < -0.39 is 12.1 Å². The molecule has 1 amide bonds. The van der Waals surface area contributed by atoms with Crippen molar-refractivity contribution in [1.82, 2.24) is 5.32 Å². The van der Waals surface area contributed by atoms with Crippen molar-refractivity contribution in [3.63, 3.8) is 0 Å². The fourth-order valence-electron chi connectivity index (χ4n) is 3.14. The molecule has 2 aromatic rings. The summed E-state index contributed by atoms with van der Waals surface area (Å²) in [5.41, 5.74) is 2.27. The number of halogens is 1. The molecule has 0 unspecified atom stereocenters. The van der Waals surface area contributed by atoms with Crippen LogP contribution in [0, 0.1) is 0 Å². The number of carbonyl (C=O) groups excluding carboxylic acids is 2. The number of ether oxygens (including phenoxy) is 1. The smallest absolute Gasteiger partial charge is 0.342 e. The van der Waals surface area contributed by atoms with Crippen molar-refractivity contribution in [3.05, 3.63) is 64.2 Å². The Morgan fingerprint density at radius 2 is 2.04 bits per heavy atom. The molecule has 0 fully saturated rings. The predicted octanol–water partition coefficient (Wildman–Crippen LogP) is 3.78. The Hall–Kier alpha value is -2.53. The number of phenols is 1. The second kappa shape index (κ2) is 7.79. The predicted molar refractivity (Wildman–Crippen MR) is 98.3 cm³/mol. The summed E-state index contributed by atoms with van der Waals surface area (Å²) in [6, 6.07) is 12.0. The Labute approximate surface area is 156 Å². The first-order valence-corrected chi connectivity index (χ1v) is 8.91. The molecule has 0 saturated heterocycles. The molecule has 0 radical (unpaired) electrons. The van der Waals surface area contributed by atoms with Crippen LogP contribution in [-0.4, -0.2) is 23.1 Å². The number of amides is 1. The molecule has 5 nitrogen and oxygen atoms in total. The lowest BCUT2D eigenvalue weighted by atomic mass is 9.87. The van der Waals surface area contributed by atoms with Crippen molar-refractivity contribution < 1.29 is 19.4 Å². The Kier molecular flexibility index (Phi) is 5.47. The van der Waals surface area contributed by atoms with Crippen LogP contribution in [-0.2, 0) is 16.0 Å². The van der Waals surface area contributed by atoms with E-state index >= 15 is 0 Å². The number of aryl methyl sites for hydroxylation is 1. The van der Waals surface area contributed by atoms with Gasteiger partial charge < -0.3 is 15.2 Å². The van der Waals surface area contributed by atoms with Crippen LogP contribution in [0.2, 0.25) is 5.02 Å². The highest BCUT2D eigenvalue weighted by atomic mass is 35.5. The third kappa shape index (κ3) is 3.99. The van der Waals surface area contributed by atoms with E-state index in [0.717, 1.165) is 24.8 Å². The summed E-state index contributed by atoms with van der Waals surface area (Å²) in [7, 11) is 0. The molecule has 1 aliphatic carbocycles. The van der Waals surface area contributed by atoms with Crippen LogP contribution in [0.1, 0.15) is 47.3 Å². The van der Waals surface area contributed by atoms with Gasteiger partial charge in [-0.25, -0.2) is 4.79 Å². The summed E-state index contributed by atoms with van der Waals surface area (Å²) in [4.78, 5) is 24.7. The molecule has 26 heavy (non-hydrogen) atoms. The average molecular weight is 374 g/mol. The normalized spacial score (nSPS) is 17.1. The van der Waals surface area contributed by atoms with E-state index in [4.69, 9.17) is 16.3 Å². The van der Waals surface area contributed by atoms with Crippen LogP contribution in [0.25, 0.3) is 0 Å². The van der Waals surface area contributed by atoms with Gasteiger partial charge in [0.25, 0.3) is 5.91 Å². The lowest BCUT2D eigenvalue weighted by Gasteiger charge is -2.27. The number of phenolic OH excluding ortho intramolecular Hbond substituents is 1. The van der Waals surface area contributed by atoms with Crippen LogP contribution in [0.15, 0.2) is 42.5 Å². The molecule has 0 heterocycles. The number of aromatic hydroxyl groups is 1. The molecular formula is C20H20ClNO4. The number of benzene rings is 2. The Bertz CT molecular complexity index is 836. The number of esters is 1. The minimum Gasteiger partial charge on any atom is -0.507 e. The second-order valence-electron chi connectivity index (χ2n) is 6.36. The van der Waals surface area contributed by atoms with Gasteiger partial charge in [0.15, 0.2) is 6.10 Å². The zero-order valence-electron chi connectivity index (χ0n) is 14.4. The number of carbonyl (C=O) groups is 2. The van der Waals surface area contributed by atoms with E-state index in [1.54, 1.807) is 0 Å². The van der Waals surface area contributed by atoms with Gasteiger partial charge in [-0.3, -0.25) is 4.79 Å². The number of nitrogens with one attached hydrogen (secondary N) is 1. The van der Waals surface area contributed by atoms with Gasteiger partial charge in [0.05, 0.1) is 6.04 Å². The largest absolute Gasteiger partial charge is 0.507 e. The van der Waals surface area contributed by atoms with Gasteiger partial charge in [-0.2, -0.15) is 0 Å². The maximum atomic E-state index is 12.5. The quantitative estimate of drug-likeness (QED) is 0.799. The molecule has 6 heteroatoms. The first kappa shape index (κ1) is 18.3.